The minimum atomic E-state index is 0. The Hall–Kier alpha value is 0.0700. The van der Waals surface area contributed by atoms with Crippen molar-refractivity contribution in [2.45, 2.75) is 103 Å². The Bertz CT molecular complexity index is 334. The number of hydrogen-bond donors (Lipinski definition) is 1. The number of aryl methyl sites for hydroxylation is 1. The molecule has 0 aromatic carbocycles. The number of rotatable bonds is 15. The van der Waals surface area contributed by atoms with Gasteiger partial charge in [-0.25, -0.2) is 4.57 Å². The van der Waals surface area contributed by atoms with Crippen LogP contribution in [0.5, 0.6) is 0 Å². The second-order valence-corrected chi connectivity index (χ2v) is 6.71. The fourth-order valence-electron chi connectivity index (χ4n) is 3.07. The molecule has 2 nitrogen and oxygen atoms in total. The van der Waals surface area contributed by atoms with E-state index < -0.39 is 0 Å². The summed E-state index contributed by atoms with van der Waals surface area (Å²) >= 11 is 0. The highest BCUT2D eigenvalue weighted by Crippen LogP contribution is 2.12. The summed E-state index contributed by atoms with van der Waals surface area (Å²) in [7, 11) is 1.75. The van der Waals surface area contributed by atoms with Crippen LogP contribution in [0, 0.1) is 0 Å². The number of pyridine rings is 1. The molecule has 0 aliphatic heterocycles. The highest BCUT2D eigenvalue weighted by atomic mass is 79.9. The Morgan fingerprint density at radius 2 is 0.885 bits per heavy atom. The highest BCUT2D eigenvalue weighted by molar-refractivity contribution is 4.83. The summed E-state index contributed by atoms with van der Waals surface area (Å²) < 4.78 is 2.29. The molecule has 0 fully saturated rings. The van der Waals surface area contributed by atoms with Crippen LogP contribution in [0.2, 0.25) is 0 Å². The van der Waals surface area contributed by atoms with E-state index in [9.17, 15) is 0 Å². The quantitative estimate of drug-likeness (QED) is 0.247. The van der Waals surface area contributed by atoms with E-state index in [0.717, 1.165) is 0 Å². The van der Waals surface area contributed by atoms with Crippen molar-refractivity contribution in [3.63, 3.8) is 0 Å². The molecule has 0 amide bonds. The Morgan fingerprint density at radius 3 is 1.27 bits per heavy atom. The van der Waals surface area contributed by atoms with Crippen molar-refractivity contribution in [1.82, 2.24) is 0 Å². The van der Waals surface area contributed by atoms with E-state index in [2.05, 4.69) is 47.8 Å². The zero-order valence-corrected chi connectivity index (χ0v) is 20.6. The summed E-state index contributed by atoms with van der Waals surface area (Å²) in [5.41, 5.74) is 3.25. The van der Waals surface area contributed by atoms with Gasteiger partial charge in [-0.2, -0.15) is 0 Å². The molecule has 1 aromatic heterocycles. The number of unbranched alkanes of at least 4 members (excludes halogenated alkanes) is 13. The van der Waals surface area contributed by atoms with Crippen LogP contribution < -0.4 is 44.3 Å². The third kappa shape index (κ3) is 22.1. The number of quaternary nitrogens is 1. The lowest BCUT2D eigenvalue weighted by molar-refractivity contribution is -0.697. The largest absolute Gasteiger partial charge is 1.00 e. The molecule has 0 saturated carbocycles. The first kappa shape index (κ1) is 30.8. The third-order valence-electron chi connectivity index (χ3n) is 4.55. The maximum Gasteiger partial charge on any atom is 0.168 e. The fraction of sp³-hybridized carbons (Fsp3) is 0.773. The van der Waals surface area contributed by atoms with E-state index in [1.54, 1.807) is 7.05 Å². The predicted molar refractivity (Wildman–Crippen MR) is 106 cm³/mol. The van der Waals surface area contributed by atoms with Crippen LogP contribution in [-0.2, 0) is 6.54 Å². The molecule has 0 spiro atoms. The first-order valence-electron chi connectivity index (χ1n) is 10.6. The van der Waals surface area contributed by atoms with E-state index in [1.165, 1.54) is 96.4 Å². The lowest BCUT2D eigenvalue weighted by atomic mass is 10.0. The first-order chi connectivity index (χ1) is 11.9. The van der Waals surface area contributed by atoms with Gasteiger partial charge in [-0.1, -0.05) is 90.0 Å². The van der Waals surface area contributed by atoms with Crippen LogP contribution in [0.1, 0.15) is 96.8 Å². The molecule has 0 saturated heterocycles. The molecule has 0 aliphatic rings. The summed E-state index contributed by atoms with van der Waals surface area (Å²) in [5, 5.41) is 0. The minimum absolute atomic E-state index is 0. The van der Waals surface area contributed by atoms with E-state index in [-0.39, 0.29) is 34.0 Å². The Labute approximate surface area is 184 Å². The molecule has 26 heavy (non-hydrogen) atoms. The van der Waals surface area contributed by atoms with Crippen molar-refractivity contribution < 1.29 is 44.3 Å². The minimum Gasteiger partial charge on any atom is -1.00 e. The predicted octanol–water partition coefficient (Wildman–Crippen LogP) is -0.678. The van der Waals surface area contributed by atoms with Gasteiger partial charge in [0, 0.05) is 18.6 Å². The normalized spacial score (nSPS) is 9.50. The molecule has 156 valence electrons. The van der Waals surface area contributed by atoms with Crippen molar-refractivity contribution in [2.75, 3.05) is 7.05 Å². The number of nitrogens with zero attached hydrogens (tertiary/aromatic N) is 1. The Kier molecular flexibility index (Phi) is 32.3. The van der Waals surface area contributed by atoms with Gasteiger partial charge in [0.25, 0.3) is 0 Å². The van der Waals surface area contributed by atoms with Gasteiger partial charge in [0.2, 0.25) is 0 Å². The second kappa shape index (κ2) is 27.3. The molecule has 0 aliphatic carbocycles. The first-order valence-corrected chi connectivity index (χ1v) is 10.6. The summed E-state index contributed by atoms with van der Waals surface area (Å²) in [4.78, 5) is 0. The standard InChI is InChI=1S/C21H38N.CH5N.2BrH/c1-2-3-4-5-6-7-8-9-10-11-12-13-14-16-19-22-20-17-15-18-21-22;1-2;;/h15,17-18,20-21H,2-14,16,19H2,1H3;2H2,1H3;2*1H/q+1;;;/p-1. The highest BCUT2D eigenvalue weighted by Gasteiger charge is 1.98. The molecule has 0 bridgehead atoms. The summed E-state index contributed by atoms with van der Waals surface area (Å²) in [6.07, 6.45) is 24.4. The monoisotopic (exact) mass is 494 g/mol. The van der Waals surface area contributed by atoms with Gasteiger partial charge in [0.15, 0.2) is 12.4 Å². The van der Waals surface area contributed by atoms with Gasteiger partial charge in [-0.15, -0.1) is 0 Å². The maximum absolute atomic E-state index is 3.25. The number of hydrogen-bond acceptors (Lipinski definition) is 0. The van der Waals surface area contributed by atoms with Gasteiger partial charge >= 0.3 is 0 Å². The summed E-state index contributed by atoms with van der Waals surface area (Å²) in [6.45, 7) is 3.47. The molecule has 0 atom stereocenters. The van der Waals surface area contributed by atoms with E-state index in [0.29, 0.717) is 0 Å². The molecule has 4 heteroatoms. The van der Waals surface area contributed by atoms with E-state index in [4.69, 9.17) is 0 Å². The third-order valence-corrected chi connectivity index (χ3v) is 4.55. The van der Waals surface area contributed by atoms with Gasteiger partial charge < -0.3 is 39.7 Å². The van der Waals surface area contributed by atoms with E-state index >= 15 is 0 Å². The SMILES string of the molecule is CCCCCCCCCCCCCCCC[n+]1ccccc1.C[NH3+].[Br-].[Br-]. The number of halogens is 2. The molecular weight excluding hydrogens is 452 g/mol. The van der Waals surface area contributed by atoms with Crippen LogP contribution in [0.15, 0.2) is 30.6 Å². The molecule has 0 unspecified atom stereocenters. The number of aromatic nitrogens is 1. The topological polar surface area (TPSA) is 31.5 Å². The fourth-order valence-corrected chi connectivity index (χ4v) is 3.07. The van der Waals surface area contributed by atoms with Crippen molar-refractivity contribution in [2.24, 2.45) is 0 Å². The molecule has 0 radical (unpaired) electrons. The lowest BCUT2D eigenvalue weighted by Crippen LogP contribution is -3.00. The zero-order valence-electron chi connectivity index (χ0n) is 17.4. The lowest BCUT2D eigenvalue weighted by Gasteiger charge is -2.02. The molecule has 1 aromatic rings. The average Bonchev–Trinajstić information content (AvgIpc) is 2.64. The molecule has 1 heterocycles. The van der Waals surface area contributed by atoms with E-state index in [1.807, 2.05) is 0 Å². The van der Waals surface area contributed by atoms with Crippen LogP contribution in [-0.4, -0.2) is 7.05 Å². The summed E-state index contributed by atoms with van der Waals surface area (Å²) in [5.74, 6) is 0. The van der Waals surface area contributed by atoms with Gasteiger partial charge in [0.1, 0.15) is 6.54 Å². The van der Waals surface area contributed by atoms with Crippen molar-refractivity contribution >= 4 is 0 Å². The Morgan fingerprint density at radius 1 is 0.538 bits per heavy atom. The van der Waals surface area contributed by atoms with Gasteiger partial charge in [-0.3, -0.25) is 0 Å². The van der Waals surface area contributed by atoms with Crippen LogP contribution in [0.4, 0.5) is 0 Å². The molecule has 3 N–H and O–H groups in total. The van der Waals surface area contributed by atoms with Crippen LogP contribution in [0.3, 0.4) is 0 Å². The van der Waals surface area contributed by atoms with Crippen LogP contribution in [0.25, 0.3) is 0 Å². The zero-order chi connectivity index (χ0) is 17.7. The molecular formula is C22H44Br2N2. The van der Waals surface area contributed by atoms with Crippen molar-refractivity contribution in [3.8, 4) is 0 Å². The average molecular weight is 496 g/mol. The summed E-state index contributed by atoms with van der Waals surface area (Å²) in [6, 6.07) is 6.31. The second-order valence-electron chi connectivity index (χ2n) is 6.71. The van der Waals surface area contributed by atoms with Gasteiger partial charge in [0.05, 0.1) is 7.05 Å². The van der Waals surface area contributed by atoms with Crippen LogP contribution >= 0.6 is 0 Å². The van der Waals surface area contributed by atoms with Gasteiger partial charge in [-0.05, 0) is 6.42 Å². The Balaban J connectivity index is -0.00000127. The van der Waals surface area contributed by atoms with Crippen molar-refractivity contribution in [3.05, 3.63) is 30.6 Å². The smallest absolute Gasteiger partial charge is 0.168 e. The van der Waals surface area contributed by atoms with Crippen molar-refractivity contribution in [1.29, 1.82) is 0 Å². The maximum atomic E-state index is 3.25. The molecule has 1 rings (SSSR count).